The second-order valence-electron chi connectivity index (χ2n) is 4.80. The van der Waals surface area contributed by atoms with E-state index in [0.717, 1.165) is 11.3 Å². The molecule has 0 saturated carbocycles. The van der Waals surface area contributed by atoms with Gasteiger partial charge in [-0.15, -0.1) is 0 Å². The number of aromatic nitrogens is 2. The van der Waals surface area contributed by atoms with Crippen molar-refractivity contribution in [2.75, 3.05) is 20.8 Å². The van der Waals surface area contributed by atoms with Gasteiger partial charge in [-0.05, 0) is 23.8 Å². The molecule has 2 rings (SSSR count). The molecule has 2 aromatic rings. The van der Waals surface area contributed by atoms with E-state index in [9.17, 15) is 9.59 Å². The van der Waals surface area contributed by atoms with Crippen LogP contribution < -0.4 is 15.6 Å². The maximum Gasteiger partial charge on any atom is 0.271 e. The van der Waals surface area contributed by atoms with Crippen LogP contribution in [-0.4, -0.2) is 36.5 Å². The molecule has 1 aromatic carbocycles. The minimum Gasteiger partial charge on any atom is -0.497 e. The number of nitrogens with one attached hydrogen (secondary N) is 1. The van der Waals surface area contributed by atoms with E-state index in [4.69, 9.17) is 9.47 Å². The molecule has 0 spiro atoms. The summed E-state index contributed by atoms with van der Waals surface area (Å²) in [5.41, 5.74) is 0.856. The smallest absolute Gasteiger partial charge is 0.271 e. The molecular weight excluding hydrogens is 298 g/mol. The van der Waals surface area contributed by atoms with Crippen LogP contribution in [0.4, 0.5) is 0 Å². The number of carbonyl (C=O) groups is 1. The van der Waals surface area contributed by atoms with Crippen LogP contribution in [-0.2, 0) is 17.8 Å². The molecule has 0 radical (unpaired) electrons. The number of amides is 1. The second kappa shape index (κ2) is 8.09. The van der Waals surface area contributed by atoms with Crippen molar-refractivity contribution >= 4 is 5.91 Å². The van der Waals surface area contributed by atoms with E-state index in [1.807, 2.05) is 24.3 Å². The van der Waals surface area contributed by atoms with Gasteiger partial charge in [-0.3, -0.25) is 9.59 Å². The monoisotopic (exact) mass is 317 g/mol. The Morgan fingerprint density at radius 3 is 2.57 bits per heavy atom. The number of ether oxygens (including phenoxy) is 2. The van der Waals surface area contributed by atoms with Crippen LogP contribution in [0.25, 0.3) is 0 Å². The summed E-state index contributed by atoms with van der Waals surface area (Å²) in [4.78, 5) is 23.8. The Kier molecular flexibility index (Phi) is 5.87. The van der Waals surface area contributed by atoms with Crippen molar-refractivity contribution in [3.63, 3.8) is 0 Å². The van der Waals surface area contributed by atoms with Crippen LogP contribution in [0.1, 0.15) is 16.1 Å². The number of benzene rings is 1. The molecule has 0 fully saturated rings. The summed E-state index contributed by atoms with van der Waals surface area (Å²) in [6.45, 7) is 1.01. The van der Waals surface area contributed by atoms with E-state index in [1.54, 1.807) is 7.11 Å². The first-order valence-electron chi connectivity index (χ1n) is 7.12. The predicted octanol–water partition coefficient (Wildman–Crippen LogP) is 0.828. The Labute approximate surface area is 133 Å². The Bertz CT molecular complexity index is 710. The average molecular weight is 317 g/mol. The molecule has 1 amide bonds. The normalized spacial score (nSPS) is 10.3. The molecule has 1 N–H and O–H groups in total. The average Bonchev–Trinajstić information content (AvgIpc) is 2.59. The lowest BCUT2D eigenvalue weighted by molar-refractivity contribution is 0.0942. The molecule has 23 heavy (non-hydrogen) atoms. The number of nitrogens with zero attached hydrogens (tertiary/aromatic N) is 2. The zero-order chi connectivity index (χ0) is 16.7. The highest BCUT2D eigenvalue weighted by Crippen LogP contribution is 2.11. The third-order valence-electron chi connectivity index (χ3n) is 3.22. The van der Waals surface area contributed by atoms with Gasteiger partial charge in [0.15, 0.2) is 0 Å². The first-order chi connectivity index (χ1) is 11.1. The van der Waals surface area contributed by atoms with Crippen molar-refractivity contribution in [1.82, 2.24) is 15.1 Å². The fourth-order valence-electron chi connectivity index (χ4n) is 1.92. The van der Waals surface area contributed by atoms with Gasteiger partial charge >= 0.3 is 0 Å². The first kappa shape index (κ1) is 16.7. The zero-order valence-corrected chi connectivity index (χ0v) is 13.1. The molecule has 0 aliphatic carbocycles. The lowest BCUT2D eigenvalue weighted by Gasteiger charge is -2.08. The van der Waals surface area contributed by atoms with E-state index in [-0.39, 0.29) is 17.2 Å². The largest absolute Gasteiger partial charge is 0.497 e. The topological polar surface area (TPSA) is 82.5 Å². The third kappa shape index (κ3) is 4.65. The van der Waals surface area contributed by atoms with Crippen molar-refractivity contribution < 1.29 is 14.3 Å². The summed E-state index contributed by atoms with van der Waals surface area (Å²) >= 11 is 0. The molecule has 7 heteroatoms. The minimum absolute atomic E-state index is 0.189. The molecule has 0 aliphatic heterocycles. The maximum absolute atomic E-state index is 12.1. The summed E-state index contributed by atoms with van der Waals surface area (Å²) < 4.78 is 11.2. The quantitative estimate of drug-likeness (QED) is 0.818. The fraction of sp³-hybridized carbons (Fsp3) is 0.312. The van der Waals surface area contributed by atoms with Gasteiger partial charge < -0.3 is 14.8 Å². The Morgan fingerprint density at radius 2 is 1.91 bits per heavy atom. The highest BCUT2D eigenvalue weighted by atomic mass is 16.5. The highest BCUT2D eigenvalue weighted by molar-refractivity contribution is 5.91. The van der Waals surface area contributed by atoms with E-state index < -0.39 is 0 Å². The Morgan fingerprint density at radius 1 is 1.17 bits per heavy atom. The van der Waals surface area contributed by atoms with Gasteiger partial charge in [-0.1, -0.05) is 12.1 Å². The van der Waals surface area contributed by atoms with Gasteiger partial charge in [0.05, 0.1) is 20.3 Å². The van der Waals surface area contributed by atoms with Gasteiger partial charge in [0.1, 0.15) is 11.4 Å². The molecule has 0 atom stereocenters. The molecule has 7 nitrogen and oxygen atoms in total. The van der Waals surface area contributed by atoms with Crippen LogP contribution >= 0.6 is 0 Å². The summed E-state index contributed by atoms with van der Waals surface area (Å²) in [6.07, 6.45) is 0. The van der Waals surface area contributed by atoms with Crippen LogP contribution in [0.15, 0.2) is 41.2 Å². The molecular formula is C16H19N3O4. The van der Waals surface area contributed by atoms with Crippen molar-refractivity contribution in [1.29, 1.82) is 0 Å². The molecule has 0 unspecified atom stereocenters. The van der Waals surface area contributed by atoms with Gasteiger partial charge in [-0.25, -0.2) is 4.68 Å². The van der Waals surface area contributed by atoms with Gasteiger partial charge in [0.25, 0.3) is 11.5 Å². The summed E-state index contributed by atoms with van der Waals surface area (Å²) in [5, 5.41) is 6.81. The van der Waals surface area contributed by atoms with Crippen LogP contribution in [0.5, 0.6) is 5.75 Å². The molecule has 0 aliphatic rings. The maximum atomic E-state index is 12.1. The first-order valence-corrected chi connectivity index (χ1v) is 7.12. The highest BCUT2D eigenvalue weighted by Gasteiger charge is 2.09. The summed E-state index contributed by atoms with van der Waals surface area (Å²) in [5.74, 6) is 0.416. The van der Waals surface area contributed by atoms with Crippen molar-refractivity contribution in [2.45, 2.75) is 13.1 Å². The number of hydrogen-bond donors (Lipinski definition) is 1. The Hall–Kier alpha value is -2.67. The Balaban J connectivity index is 2.00. The summed E-state index contributed by atoms with van der Waals surface area (Å²) in [6, 6.07) is 10.1. The van der Waals surface area contributed by atoms with E-state index in [1.165, 1.54) is 23.9 Å². The van der Waals surface area contributed by atoms with Crippen LogP contribution in [0, 0.1) is 0 Å². The fourth-order valence-corrected chi connectivity index (χ4v) is 1.92. The van der Waals surface area contributed by atoms with Crippen LogP contribution in [0.3, 0.4) is 0 Å². The molecule has 0 bridgehead atoms. The van der Waals surface area contributed by atoms with Crippen molar-refractivity contribution in [3.8, 4) is 5.75 Å². The number of rotatable bonds is 7. The van der Waals surface area contributed by atoms with E-state index in [0.29, 0.717) is 19.7 Å². The number of carbonyl (C=O) groups excluding carboxylic acids is 1. The lowest BCUT2D eigenvalue weighted by atomic mass is 10.2. The molecule has 1 heterocycles. The van der Waals surface area contributed by atoms with Gasteiger partial charge in [0, 0.05) is 19.7 Å². The number of hydrogen-bond acceptors (Lipinski definition) is 5. The molecule has 0 saturated heterocycles. The van der Waals surface area contributed by atoms with Crippen molar-refractivity contribution in [2.24, 2.45) is 0 Å². The molecule has 1 aromatic heterocycles. The van der Waals surface area contributed by atoms with Crippen molar-refractivity contribution in [3.05, 3.63) is 58.0 Å². The van der Waals surface area contributed by atoms with Gasteiger partial charge in [-0.2, -0.15) is 5.10 Å². The third-order valence-corrected chi connectivity index (χ3v) is 3.22. The minimum atomic E-state index is -0.341. The second-order valence-corrected chi connectivity index (χ2v) is 4.80. The standard InChI is InChI=1S/C16H19N3O4/c1-22-10-9-19-15(20)8-7-14(18-19)16(21)17-11-12-3-5-13(23-2)6-4-12/h3-8H,9-11H2,1-2H3,(H,17,21). The number of methoxy groups -OCH3 is 2. The zero-order valence-electron chi connectivity index (χ0n) is 13.1. The van der Waals surface area contributed by atoms with E-state index in [2.05, 4.69) is 10.4 Å². The van der Waals surface area contributed by atoms with E-state index >= 15 is 0 Å². The van der Waals surface area contributed by atoms with Gasteiger partial charge in [0.2, 0.25) is 0 Å². The SMILES string of the molecule is COCCn1nc(C(=O)NCc2ccc(OC)cc2)ccc1=O. The van der Waals surface area contributed by atoms with Crippen LogP contribution in [0.2, 0.25) is 0 Å². The molecule has 122 valence electrons. The lowest BCUT2D eigenvalue weighted by Crippen LogP contribution is -2.30. The predicted molar refractivity (Wildman–Crippen MR) is 84.5 cm³/mol. The summed E-state index contributed by atoms with van der Waals surface area (Å²) in [7, 11) is 3.14.